The number of aliphatic imine (C=N–C) groups is 1. The Morgan fingerprint density at radius 3 is 2.85 bits per heavy atom. The van der Waals surface area contributed by atoms with Gasteiger partial charge in [0.2, 0.25) is 0 Å². The van der Waals surface area contributed by atoms with Crippen LogP contribution in [0.1, 0.15) is 38.3 Å². The molecule has 0 spiro atoms. The minimum absolute atomic E-state index is 0.318. The third-order valence-corrected chi connectivity index (χ3v) is 5.28. The third kappa shape index (κ3) is 5.25. The van der Waals surface area contributed by atoms with E-state index in [0.29, 0.717) is 17.7 Å². The van der Waals surface area contributed by atoms with Crippen LogP contribution in [0.15, 0.2) is 48.0 Å². The Bertz CT molecular complexity index is 711. The Morgan fingerprint density at radius 2 is 2.15 bits per heavy atom. The maximum atomic E-state index is 9.37. The number of rotatable bonds is 6. The molecule has 0 amide bonds. The molecule has 27 heavy (non-hydrogen) atoms. The van der Waals surface area contributed by atoms with E-state index < -0.39 is 0 Å². The summed E-state index contributed by atoms with van der Waals surface area (Å²) in [6, 6.07) is 7.88. The van der Waals surface area contributed by atoms with E-state index in [4.69, 9.17) is 4.99 Å². The second-order valence-corrected chi connectivity index (χ2v) is 7.29. The summed E-state index contributed by atoms with van der Waals surface area (Å²) in [6.07, 6.45) is 8.96. The first-order valence-electron chi connectivity index (χ1n) is 9.96. The molecule has 2 unspecified atom stereocenters. The predicted octanol–water partition coefficient (Wildman–Crippen LogP) is 3.07. The van der Waals surface area contributed by atoms with E-state index in [-0.39, 0.29) is 0 Å². The SMILES string of the molecule is CCNC(=NCCCc1ccc(O)cc1)N1CCC(C)C(n2ccnc2)C1. The Labute approximate surface area is 162 Å². The summed E-state index contributed by atoms with van der Waals surface area (Å²) in [4.78, 5) is 11.5. The number of hydrogen-bond acceptors (Lipinski definition) is 3. The molecule has 1 aliphatic rings. The van der Waals surface area contributed by atoms with E-state index in [1.165, 1.54) is 5.56 Å². The summed E-state index contributed by atoms with van der Waals surface area (Å²) in [5.74, 6) is 1.96. The van der Waals surface area contributed by atoms with Crippen LogP contribution in [0.4, 0.5) is 0 Å². The van der Waals surface area contributed by atoms with Crippen LogP contribution in [0.3, 0.4) is 0 Å². The largest absolute Gasteiger partial charge is 0.508 e. The number of piperidine rings is 1. The van der Waals surface area contributed by atoms with Crippen molar-refractivity contribution in [3.8, 4) is 5.75 Å². The average molecular weight is 370 g/mol. The number of aromatic nitrogens is 2. The molecule has 1 saturated heterocycles. The number of nitrogens with zero attached hydrogens (tertiary/aromatic N) is 4. The van der Waals surface area contributed by atoms with Crippen LogP contribution < -0.4 is 5.32 Å². The normalized spacial score (nSPS) is 20.7. The fourth-order valence-electron chi connectivity index (χ4n) is 3.65. The zero-order valence-electron chi connectivity index (χ0n) is 16.4. The molecule has 0 aliphatic carbocycles. The molecule has 146 valence electrons. The van der Waals surface area contributed by atoms with Gasteiger partial charge < -0.3 is 19.9 Å². The standard InChI is InChI=1S/C21H31N5O/c1-3-23-21(24-11-4-5-18-6-8-19(27)9-7-18)25-13-10-17(2)20(15-25)26-14-12-22-16-26/h6-9,12,14,16-17,20,27H,3-5,10-11,13,15H2,1-2H3,(H,23,24). The van der Waals surface area contributed by atoms with Crippen molar-refractivity contribution in [2.45, 2.75) is 39.2 Å². The average Bonchev–Trinajstić information content (AvgIpc) is 3.21. The molecule has 1 aliphatic heterocycles. The molecule has 6 nitrogen and oxygen atoms in total. The Hall–Kier alpha value is -2.50. The Balaban J connectivity index is 1.58. The summed E-state index contributed by atoms with van der Waals surface area (Å²) in [5, 5.41) is 12.8. The fraction of sp³-hybridized carbons (Fsp3) is 0.524. The lowest BCUT2D eigenvalue weighted by molar-refractivity contribution is 0.189. The lowest BCUT2D eigenvalue weighted by Gasteiger charge is -2.39. The molecule has 2 aromatic rings. The van der Waals surface area contributed by atoms with E-state index in [2.05, 4.69) is 39.8 Å². The number of hydrogen-bond donors (Lipinski definition) is 2. The maximum absolute atomic E-state index is 9.37. The molecule has 0 saturated carbocycles. The summed E-state index contributed by atoms with van der Waals surface area (Å²) < 4.78 is 2.23. The van der Waals surface area contributed by atoms with E-state index in [1.807, 2.05) is 24.7 Å². The molecular weight excluding hydrogens is 338 g/mol. The highest BCUT2D eigenvalue weighted by atomic mass is 16.3. The van der Waals surface area contributed by atoms with E-state index in [9.17, 15) is 5.11 Å². The van der Waals surface area contributed by atoms with Gasteiger partial charge >= 0.3 is 0 Å². The minimum Gasteiger partial charge on any atom is -0.508 e. The van der Waals surface area contributed by atoms with Gasteiger partial charge in [0.15, 0.2) is 5.96 Å². The topological polar surface area (TPSA) is 65.7 Å². The molecule has 0 bridgehead atoms. The number of imidazole rings is 1. The van der Waals surface area contributed by atoms with Gasteiger partial charge in [0.25, 0.3) is 0 Å². The highest BCUT2D eigenvalue weighted by Crippen LogP contribution is 2.27. The molecular formula is C21H31N5O. The van der Waals surface area contributed by atoms with Gasteiger partial charge in [-0.05, 0) is 49.8 Å². The molecule has 0 radical (unpaired) electrons. The zero-order valence-corrected chi connectivity index (χ0v) is 16.4. The lowest BCUT2D eigenvalue weighted by atomic mass is 9.93. The van der Waals surface area contributed by atoms with Gasteiger partial charge in [0, 0.05) is 38.6 Å². The summed E-state index contributed by atoms with van der Waals surface area (Å²) >= 11 is 0. The predicted molar refractivity (Wildman–Crippen MR) is 109 cm³/mol. The summed E-state index contributed by atoms with van der Waals surface area (Å²) in [6.45, 7) is 8.11. The maximum Gasteiger partial charge on any atom is 0.193 e. The molecule has 2 atom stereocenters. The number of aromatic hydroxyl groups is 1. The minimum atomic E-state index is 0.318. The van der Waals surface area contributed by atoms with Crippen molar-refractivity contribution in [3.05, 3.63) is 48.5 Å². The Morgan fingerprint density at radius 1 is 1.33 bits per heavy atom. The van der Waals surface area contributed by atoms with Gasteiger partial charge in [0.05, 0.1) is 12.4 Å². The van der Waals surface area contributed by atoms with Crippen LogP contribution in [0, 0.1) is 5.92 Å². The second kappa shape index (κ2) is 9.44. The smallest absolute Gasteiger partial charge is 0.193 e. The summed E-state index contributed by atoms with van der Waals surface area (Å²) in [7, 11) is 0. The molecule has 2 N–H and O–H groups in total. The van der Waals surface area contributed by atoms with Crippen molar-refractivity contribution >= 4 is 5.96 Å². The zero-order chi connectivity index (χ0) is 19.1. The third-order valence-electron chi connectivity index (χ3n) is 5.28. The first-order chi connectivity index (χ1) is 13.2. The van der Waals surface area contributed by atoms with Crippen LogP contribution in [0.25, 0.3) is 0 Å². The van der Waals surface area contributed by atoms with Gasteiger partial charge in [-0.25, -0.2) is 4.98 Å². The first kappa shape index (κ1) is 19.3. The van der Waals surface area contributed by atoms with Gasteiger partial charge in [-0.15, -0.1) is 0 Å². The number of guanidine groups is 1. The molecule has 6 heteroatoms. The number of phenols is 1. The van der Waals surface area contributed by atoms with Gasteiger partial charge in [-0.2, -0.15) is 0 Å². The molecule has 1 aromatic heterocycles. The van der Waals surface area contributed by atoms with Gasteiger partial charge in [-0.3, -0.25) is 4.99 Å². The van der Waals surface area contributed by atoms with Crippen molar-refractivity contribution in [1.82, 2.24) is 19.8 Å². The second-order valence-electron chi connectivity index (χ2n) is 7.29. The number of aryl methyl sites for hydroxylation is 1. The number of benzene rings is 1. The van der Waals surface area contributed by atoms with Crippen LogP contribution in [-0.4, -0.2) is 51.7 Å². The number of nitrogens with one attached hydrogen (secondary N) is 1. The van der Waals surface area contributed by atoms with E-state index in [0.717, 1.165) is 51.4 Å². The van der Waals surface area contributed by atoms with Gasteiger partial charge in [-0.1, -0.05) is 19.1 Å². The molecule has 1 aromatic carbocycles. The highest BCUT2D eigenvalue weighted by Gasteiger charge is 2.28. The first-order valence-corrected chi connectivity index (χ1v) is 9.96. The van der Waals surface area contributed by atoms with Crippen LogP contribution in [0.5, 0.6) is 5.75 Å². The van der Waals surface area contributed by atoms with E-state index in [1.54, 1.807) is 12.1 Å². The van der Waals surface area contributed by atoms with Crippen molar-refractivity contribution in [1.29, 1.82) is 0 Å². The number of phenolic OH excluding ortho intramolecular Hbond substituents is 1. The molecule has 2 heterocycles. The van der Waals surface area contributed by atoms with Crippen molar-refractivity contribution < 1.29 is 5.11 Å². The van der Waals surface area contributed by atoms with Crippen LogP contribution >= 0.6 is 0 Å². The van der Waals surface area contributed by atoms with Crippen LogP contribution in [-0.2, 0) is 6.42 Å². The highest BCUT2D eigenvalue weighted by molar-refractivity contribution is 5.80. The van der Waals surface area contributed by atoms with Crippen LogP contribution in [0.2, 0.25) is 0 Å². The molecule has 3 rings (SSSR count). The van der Waals surface area contributed by atoms with Crippen molar-refractivity contribution in [2.24, 2.45) is 10.9 Å². The van der Waals surface area contributed by atoms with Crippen molar-refractivity contribution in [2.75, 3.05) is 26.2 Å². The molecule has 1 fully saturated rings. The Kier molecular flexibility index (Phi) is 6.74. The van der Waals surface area contributed by atoms with E-state index >= 15 is 0 Å². The van der Waals surface area contributed by atoms with Gasteiger partial charge in [0.1, 0.15) is 5.75 Å². The van der Waals surface area contributed by atoms with Crippen molar-refractivity contribution in [3.63, 3.8) is 0 Å². The number of likely N-dealkylation sites (tertiary alicyclic amines) is 1. The summed E-state index contributed by atoms with van der Waals surface area (Å²) in [5.41, 5.74) is 1.24. The lowest BCUT2D eigenvalue weighted by Crippen LogP contribution is -2.49. The quantitative estimate of drug-likeness (QED) is 0.467. The fourth-order valence-corrected chi connectivity index (χ4v) is 3.65. The monoisotopic (exact) mass is 369 g/mol.